The maximum absolute atomic E-state index is 11.6. The number of hydrogen-bond acceptors (Lipinski definition) is 4. The fourth-order valence-corrected chi connectivity index (χ4v) is 2.32. The summed E-state index contributed by atoms with van der Waals surface area (Å²) in [5.41, 5.74) is 5.60. The van der Waals surface area contributed by atoms with Gasteiger partial charge in [-0.25, -0.2) is 8.42 Å². The van der Waals surface area contributed by atoms with Crippen molar-refractivity contribution < 1.29 is 13.2 Å². The summed E-state index contributed by atoms with van der Waals surface area (Å²) in [4.78, 5) is 11.6. The van der Waals surface area contributed by atoms with Crippen molar-refractivity contribution in [2.45, 2.75) is 46.0 Å². The van der Waals surface area contributed by atoms with Gasteiger partial charge in [-0.2, -0.15) is 0 Å². The molecule has 0 fully saturated rings. The molecule has 0 aliphatic carbocycles. The zero-order chi connectivity index (χ0) is 13.5. The second kappa shape index (κ2) is 7.11. The first-order valence-corrected chi connectivity index (χ1v) is 8.12. The molecule has 0 aliphatic rings. The first-order valence-electron chi connectivity index (χ1n) is 6.06. The Hall–Kier alpha value is -0.420. The van der Waals surface area contributed by atoms with Crippen LogP contribution in [-0.2, 0) is 14.6 Å². The molecule has 0 aromatic carbocycles. The minimum absolute atomic E-state index is 0.0985. The Morgan fingerprint density at radius 2 is 1.76 bits per heavy atom. The summed E-state index contributed by atoms with van der Waals surface area (Å²) >= 11 is 0. The third-order valence-corrected chi connectivity index (χ3v) is 3.90. The van der Waals surface area contributed by atoms with Crippen LogP contribution in [0.25, 0.3) is 0 Å². The highest BCUT2D eigenvalue weighted by atomic mass is 32.2. The molecule has 0 atom stereocenters. The monoisotopic (exact) mass is 263 g/mol. The number of carbonyl (C=O) groups excluding carboxylic acids is 1. The van der Waals surface area contributed by atoms with Crippen molar-refractivity contribution >= 4 is 15.6 Å². The molecule has 17 heavy (non-hydrogen) atoms. The van der Waals surface area contributed by atoms with Gasteiger partial charge in [-0.15, -0.1) is 0 Å². The highest BCUT2D eigenvalue weighted by Crippen LogP contribution is 2.26. The lowest BCUT2D eigenvalue weighted by atomic mass is 9.83. The number of ketones is 1. The predicted molar refractivity (Wildman–Crippen MR) is 70.6 cm³/mol. The molecule has 0 spiro atoms. The molecule has 0 aromatic rings. The lowest BCUT2D eigenvalue weighted by Gasteiger charge is -2.23. The molecule has 0 aromatic heterocycles. The van der Waals surface area contributed by atoms with E-state index in [0.717, 1.165) is 12.8 Å². The highest BCUT2D eigenvalue weighted by molar-refractivity contribution is 7.90. The van der Waals surface area contributed by atoms with E-state index in [1.165, 1.54) is 6.26 Å². The Balaban J connectivity index is 3.81. The van der Waals surface area contributed by atoms with Crippen LogP contribution in [0.1, 0.15) is 46.0 Å². The SMILES string of the molecule is CC(C)(CCN)CCC(=O)CCCS(C)(=O)=O. The molecular formula is C12H25NO3S. The molecule has 102 valence electrons. The van der Waals surface area contributed by atoms with Crippen molar-refractivity contribution in [1.29, 1.82) is 0 Å². The van der Waals surface area contributed by atoms with Gasteiger partial charge < -0.3 is 5.73 Å². The van der Waals surface area contributed by atoms with E-state index < -0.39 is 9.84 Å². The largest absolute Gasteiger partial charge is 0.330 e. The van der Waals surface area contributed by atoms with Gasteiger partial charge in [0.15, 0.2) is 0 Å². The zero-order valence-corrected chi connectivity index (χ0v) is 12.0. The normalized spacial score (nSPS) is 12.7. The van der Waals surface area contributed by atoms with Gasteiger partial charge in [-0.05, 0) is 31.2 Å². The maximum atomic E-state index is 11.6. The standard InChI is InChI=1S/C12H25NO3S/c1-12(2,8-9-13)7-6-11(14)5-4-10-17(3,15)16/h4-10,13H2,1-3H3. The Bertz CT molecular complexity index is 334. The van der Waals surface area contributed by atoms with Crippen LogP contribution >= 0.6 is 0 Å². The molecular weight excluding hydrogens is 238 g/mol. The quantitative estimate of drug-likeness (QED) is 0.684. The molecule has 0 aliphatic heterocycles. The fourth-order valence-electron chi connectivity index (χ4n) is 1.65. The third-order valence-electron chi connectivity index (χ3n) is 2.87. The molecule has 0 saturated carbocycles. The van der Waals surface area contributed by atoms with Gasteiger partial charge in [0.05, 0.1) is 5.75 Å². The number of nitrogens with two attached hydrogens (primary N) is 1. The van der Waals surface area contributed by atoms with Crippen molar-refractivity contribution in [2.24, 2.45) is 11.1 Å². The molecule has 0 saturated heterocycles. The van der Waals surface area contributed by atoms with Gasteiger partial charge in [-0.3, -0.25) is 4.79 Å². The second-order valence-electron chi connectivity index (χ2n) is 5.47. The Kier molecular flexibility index (Phi) is 6.94. The summed E-state index contributed by atoms with van der Waals surface area (Å²) in [6, 6.07) is 0. The van der Waals surface area contributed by atoms with Crippen molar-refractivity contribution in [3.8, 4) is 0 Å². The predicted octanol–water partition coefficient (Wildman–Crippen LogP) is 1.54. The number of carbonyl (C=O) groups is 1. The Labute approximate surface area is 105 Å². The van der Waals surface area contributed by atoms with E-state index in [9.17, 15) is 13.2 Å². The Morgan fingerprint density at radius 1 is 1.18 bits per heavy atom. The van der Waals surface area contributed by atoms with E-state index in [1.54, 1.807) is 0 Å². The molecule has 0 rings (SSSR count). The van der Waals surface area contributed by atoms with Gasteiger partial charge in [0.25, 0.3) is 0 Å². The minimum atomic E-state index is -2.94. The molecule has 0 unspecified atom stereocenters. The highest BCUT2D eigenvalue weighted by Gasteiger charge is 2.18. The summed E-state index contributed by atoms with van der Waals surface area (Å²) in [5.74, 6) is 0.254. The van der Waals surface area contributed by atoms with Gasteiger partial charge in [0.1, 0.15) is 15.6 Å². The van der Waals surface area contributed by atoms with Crippen LogP contribution in [0.4, 0.5) is 0 Å². The number of rotatable bonds is 9. The molecule has 5 heteroatoms. The van der Waals surface area contributed by atoms with Crippen molar-refractivity contribution in [3.05, 3.63) is 0 Å². The summed E-state index contributed by atoms with van der Waals surface area (Å²) < 4.78 is 21.8. The van der Waals surface area contributed by atoms with Crippen LogP contribution in [0.5, 0.6) is 0 Å². The number of hydrogen-bond donors (Lipinski definition) is 1. The molecule has 2 N–H and O–H groups in total. The first-order chi connectivity index (χ1) is 7.66. The van der Waals surface area contributed by atoms with E-state index in [2.05, 4.69) is 13.8 Å². The van der Waals surface area contributed by atoms with Crippen molar-refractivity contribution in [3.63, 3.8) is 0 Å². The van der Waals surface area contributed by atoms with Gasteiger partial charge >= 0.3 is 0 Å². The van der Waals surface area contributed by atoms with Crippen LogP contribution in [0.3, 0.4) is 0 Å². The van der Waals surface area contributed by atoms with Crippen LogP contribution in [0.2, 0.25) is 0 Å². The lowest BCUT2D eigenvalue weighted by Crippen LogP contribution is -2.18. The molecule has 0 heterocycles. The average molecular weight is 263 g/mol. The molecule has 0 bridgehead atoms. The summed E-state index contributed by atoms with van der Waals surface area (Å²) in [6.45, 7) is 4.84. The van der Waals surface area contributed by atoms with Crippen LogP contribution in [0.15, 0.2) is 0 Å². The molecule has 4 nitrogen and oxygen atoms in total. The second-order valence-corrected chi connectivity index (χ2v) is 7.73. The topological polar surface area (TPSA) is 77.2 Å². The molecule has 0 amide bonds. The summed E-state index contributed by atoms with van der Waals surface area (Å²) in [5, 5.41) is 0. The van der Waals surface area contributed by atoms with E-state index in [-0.39, 0.29) is 17.0 Å². The van der Waals surface area contributed by atoms with Gasteiger partial charge in [0.2, 0.25) is 0 Å². The van der Waals surface area contributed by atoms with Crippen molar-refractivity contribution in [2.75, 3.05) is 18.6 Å². The fraction of sp³-hybridized carbons (Fsp3) is 0.917. The van der Waals surface area contributed by atoms with Gasteiger partial charge in [-0.1, -0.05) is 13.8 Å². The lowest BCUT2D eigenvalue weighted by molar-refractivity contribution is -0.119. The van der Waals surface area contributed by atoms with Crippen molar-refractivity contribution in [1.82, 2.24) is 0 Å². The van der Waals surface area contributed by atoms with E-state index in [0.29, 0.717) is 25.8 Å². The average Bonchev–Trinajstić information content (AvgIpc) is 2.13. The van der Waals surface area contributed by atoms with E-state index in [4.69, 9.17) is 5.73 Å². The zero-order valence-electron chi connectivity index (χ0n) is 11.2. The smallest absolute Gasteiger partial charge is 0.147 e. The molecule has 0 radical (unpaired) electrons. The summed E-state index contributed by atoms with van der Waals surface area (Å²) in [6.07, 6.45) is 4.25. The van der Waals surface area contributed by atoms with E-state index >= 15 is 0 Å². The van der Waals surface area contributed by atoms with Crippen LogP contribution in [0, 0.1) is 5.41 Å². The first kappa shape index (κ1) is 16.6. The summed E-state index contributed by atoms with van der Waals surface area (Å²) in [7, 11) is -2.94. The van der Waals surface area contributed by atoms with E-state index in [1.807, 2.05) is 0 Å². The number of Topliss-reactive ketones (excluding diaryl/α,β-unsaturated/α-hetero) is 1. The minimum Gasteiger partial charge on any atom is -0.330 e. The van der Waals surface area contributed by atoms with Crippen LogP contribution < -0.4 is 5.73 Å². The number of sulfone groups is 1. The van der Waals surface area contributed by atoms with Crippen LogP contribution in [-0.4, -0.2) is 32.8 Å². The maximum Gasteiger partial charge on any atom is 0.147 e. The third kappa shape index (κ3) is 10.5. The Morgan fingerprint density at radius 3 is 2.24 bits per heavy atom. The van der Waals surface area contributed by atoms with Gasteiger partial charge in [0, 0.05) is 19.1 Å².